The Bertz CT molecular complexity index is 394. The van der Waals surface area contributed by atoms with Crippen LogP contribution in [0.4, 0.5) is 0 Å². The second kappa shape index (κ2) is 9.50. The highest BCUT2D eigenvalue weighted by atomic mass is 16.4. The predicted octanol–water partition coefficient (Wildman–Crippen LogP) is -1.63. The fraction of sp³-hybridized carbons (Fsp3) is 0.786. The first-order valence-corrected chi connectivity index (χ1v) is 7.53. The van der Waals surface area contributed by atoms with Crippen LogP contribution in [0.3, 0.4) is 0 Å². The van der Waals surface area contributed by atoms with Gasteiger partial charge in [0.05, 0.1) is 6.54 Å². The fourth-order valence-corrected chi connectivity index (χ4v) is 2.37. The van der Waals surface area contributed by atoms with E-state index in [9.17, 15) is 14.4 Å². The summed E-state index contributed by atoms with van der Waals surface area (Å²) in [7, 11) is 1.92. The van der Waals surface area contributed by atoms with Gasteiger partial charge in [0.1, 0.15) is 11.8 Å². The lowest BCUT2D eigenvalue weighted by molar-refractivity contribution is -0.143. The Morgan fingerprint density at radius 1 is 1.14 bits per heavy atom. The number of Topliss-reactive ketones (excluding diaryl/α,β-unsaturated/α-hetero) is 1. The molecule has 0 aromatic heterocycles. The SMILES string of the molecule is CNCCN1CCN(CC(=O)N[C@@H](CC(C)=O)C(=O)O)CC1. The second-order valence-corrected chi connectivity index (χ2v) is 5.59. The van der Waals surface area contributed by atoms with Crippen molar-refractivity contribution in [2.45, 2.75) is 19.4 Å². The van der Waals surface area contributed by atoms with Crippen LogP contribution < -0.4 is 10.6 Å². The Hall–Kier alpha value is -1.51. The van der Waals surface area contributed by atoms with Crippen LogP contribution in [0.2, 0.25) is 0 Å². The van der Waals surface area contributed by atoms with Gasteiger partial charge in [-0.15, -0.1) is 0 Å². The number of carboxylic acid groups (broad SMARTS) is 1. The fourth-order valence-electron chi connectivity index (χ4n) is 2.37. The van der Waals surface area contributed by atoms with Crippen molar-refractivity contribution in [3.63, 3.8) is 0 Å². The molecule has 0 unspecified atom stereocenters. The second-order valence-electron chi connectivity index (χ2n) is 5.59. The van der Waals surface area contributed by atoms with Crippen LogP contribution in [0.1, 0.15) is 13.3 Å². The van der Waals surface area contributed by atoms with Crippen LogP contribution in [0.25, 0.3) is 0 Å². The number of carbonyl (C=O) groups excluding carboxylic acids is 2. The van der Waals surface area contributed by atoms with Crippen LogP contribution in [-0.2, 0) is 14.4 Å². The molecule has 1 rings (SSSR count). The molecule has 0 bridgehead atoms. The summed E-state index contributed by atoms with van der Waals surface area (Å²) < 4.78 is 0. The van der Waals surface area contributed by atoms with Crippen molar-refractivity contribution in [2.75, 3.05) is 52.9 Å². The third kappa shape index (κ3) is 6.97. The van der Waals surface area contributed by atoms with Gasteiger partial charge < -0.3 is 15.7 Å². The molecule has 1 amide bonds. The molecule has 0 aliphatic carbocycles. The Labute approximate surface area is 130 Å². The first-order chi connectivity index (χ1) is 10.4. The van der Waals surface area contributed by atoms with Crippen LogP contribution in [0.5, 0.6) is 0 Å². The maximum absolute atomic E-state index is 11.9. The van der Waals surface area contributed by atoms with Gasteiger partial charge in [-0.25, -0.2) is 4.79 Å². The molecule has 1 fully saturated rings. The minimum absolute atomic E-state index is 0.168. The molecular weight excluding hydrogens is 288 g/mol. The summed E-state index contributed by atoms with van der Waals surface area (Å²) >= 11 is 0. The molecule has 1 aliphatic rings. The molecule has 0 radical (unpaired) electrons. The molecule has 1 saturated heterocycles. The third-order valence-electron chi connectivity index (χ3n) is 3.64. The monoisotopic (exact) mass is 314 g/mol. The molecular formula is C14H26N4O4. The molecule has 0 aromatic rings. The number of hydrogen-bond donors (Lipinski definition) is 3. The molecule has 0 spiro atoms. The van der Waals surface area contributed by atoms with E-state index in [4.69, 9.17) is 5.11 Å². The molecule has 8 nitrogen and oxygen atoms in total. The Morgan fingerprint density at radius 3 is 2.23 bits per heavy atom. The lowest BCUT2D eigenvalue weighted by atomic mass is 10.1. The summed E-state index contributed by atoms with van der Waals surface area (Å²) in [5, 5.41) is 14.5. The van der Waals surface area contributed by atoms with E-state index in [1.54, 1.807) is 0 Å². The molecule has 22 heavy (non-hydrogen) atoms. The van der Waals surface area contributed by atoms with Crippen LogP contribution in [0, 0.1) is 0 Å². The van der Waals surface area contributed by atoms with Crippen LogP contribution >= 0.6 is 0 Å². The van der Waals surface area contributed by atoms with E-state index in [0.717, 1.165) is 39.3 Å². The van der Waals surface area contributed by atoms with E-state index < -0.39 is 12.0 Å². The first kappa shape index (κ1) is 18.5. The number of piperazine rings is 1. The van der Waals surface area contributed by atoms with E-state index in [0.29, 0.717) is 0 Å². The quantitative estimate of drug-likeness (QED) is 0.470. The summed E-state index contributed by atoms with van der Waals surface area (Å²) in [4.78, 5) is 38.3. The Balaban J connectivity index is 2.33. The maximum atomic E-state index is 11.9. The number of aliphatic carboxylic acids is 1. The Kier molecular flexibility index (Phi) is 8.00. The molecule has 0 aromatic carbocycles. The standard InChI is InChI=1S/C14H26N4O4/c1-11(19)9-12(14(21)22)16-13(20)10-18-7-5-17(6-8-18)4-3-15-2/h12,15H,3-10H2,1-2H3,(H,16,20)(H,21,22)/t12-/m0/s1. The summed E-state index contributed by atoms with van der Waals surface area (Å²) in [6.45, 7) is 6.74. The van der Waals surface area contributed by atoms with Gasteiger partial charge in [-0.3, -0.25) is 19.4 Å². The lowest BCUT2D eigenvalue weighted by Gasteiger charge is -2.34. The molecule has 0 saturated carbocycles. The van der Waals surface area contributed by atoms with E-state index in [1.807, 2.05) is 11.9 Å². The van der Waals surface area contributed by atoms with E-state index in [-0.39, 0.29) is 24.7 Å². The van der Waals surface area contributed by atoms with Gasteiger partial charge in [-0.2, -0.15) is 0 Å². The third-order valence-corrected chi connectivity index (χ3v) is 3.64. The van der Waals surface area contributed by atoms with Gasteiger partial charge in [0.15, 0.2) is 0 Å². The first-order valence-electron chi connectivity index (χ1n) is 7.53. The molecule has 1 aliphatic heterocycles. The number of nitrogens with one attached hydrogen (secondary N) is 2. The average molecular weight is 314 g/mol. The van der Waals surface area contributed by atoms with E-state index >= 15 is 0 Å². The normalized spacial score (nSPS) is 17.9. The molecule has 126 valence electrons. The lowest BCUT2D eigenvalue weighted by Crippen LogP contribution is -2.52. The summed E-state index contributed by atoms with van der Waals surface area (Å²) in [5.41, 5.74) is 0. The van der Waals surface area contributed by atoms with Gasteiger partial charge in [-0.05, 0) is 14.0 Å². The van der Waals surface area contributed by atoms with Crippen molar-refractivity contribution >= 4 is 17.7 Å². The molecule has 3 N–H and O–H groups in total. The number of amides is 1. The van der Waals surface area contributed by atoms with Gasteiger partial charge in [0.25, 0.3) is 0 Å². The van der Waals surface area contributed by atoms with E-state index in [2.05, 4.69) is 15.5 Å². The number of likely N-dealkylation sites (N-methyl/N-ethyl adjacent to an activating group) is 1. The van der Waals surface area contributed by atoms with Crippen molar-refractivity contribution in [3.05, 3.63) is 0 Å². The van der Waals surface area contributed by atoms with E-state index in [1.165, 1.54) is 6.92 Å². The largest absolute Gasteiger partial charge is 0.480 e. The van der Waals surface area contributed by atoms with Gasteiger partial charge in [0, 0.05) is 45.7 Å². The van der Waals surface area contributed by atoms with Gasteiger partial charge in [0.2, 0.25) is 5.91 Å². The number of ketones is 1. The average Bonchev–Trinajstić information content (AvgIpc) is 2.45. The Morgan fingerprint density at radius 2 is 1.73 bits per heavy atom. The van der Waals surface area contributed by atoms with Crippen molar-refractivity contribution in [1.82, 2.24) is 20.4 Å². The minimum Gasteiger partial charge on any atom is -0.480 e. The van der Waals surface area contributed by atoms with Crippen LogP contribution in [0.15, 0.2) is 0 Å². The zero-order valence-electron chi connectivity index (χ0n) is 13.3. The van der Waals surface area contributed by atoms with Crippen LogP contribution in [-0.4, -0.2) is 91.5 Å². The minimum atomic E-state index is -1.18. The van der Waals surface area contributed by atoms with Crippen molar-refractivity contribution in [3.8, 4) is 0 Å². The van der Waals surface area contributed by atoms with Gasteiger partial charge in [-0.1, -0.05) is 0 Å². The summed E-state index contributed by atoms with van der Waals surface area (Å²) in [6, 6.07) is -1.14. The number of rotatable bonds is 9. The van der Waals surface area contributed by atoms with Crippen molar-refractivity contribution in [1.29, 1.82) is 0 Å². The van der Waals surface area contributed by atoms with Gasteiger partial charge >= 0.3 is 5.97 Å². The zero-order chi connectivity index (χ0) is 16.5. The number of carboxylic acids is 1. The summed E-state index contributed by atoms with van der Waals surface area (Å²) in [5.74, 6) is -1.79. The maximum Gasteiger partial charge on any atom is 0.326 e. The highest BCUT2D eigenvalue weighted by molar-refractivity contribution is 5.89. The number of nitrogens with zero attached hydrogens (tertiary/aromatic N) is 2. The highest BCUT2D eigenvalue weighted by Gasteiger charge is 2.24. The topological polar surface area (TPSA) is 102 Å². The van der Waals surface area contributed by atoms with Crippen molar-refractivity contribution < 1.29 is 19.5 Å². The number of carbonyl (C=O) groups is 3. The number of hydrogen-bond acceptors (Lipinski definition) is 6. The van der Waals surface area contributed by atoms with Crippen molar-refractivity contribution in [2.24, 2.45) is 0 Å². The molecule has 8 heteroatoms. The zero-order valence-corrected chi connectivity index (χ0v) is 13.3. The highest BCUT2D eigenvalue weighted by Crippen LogP contribution is 2.01. The predicted molar refractivity (Wildman–Crippen MR) is 81.7 cm³/mol. The smallest absolute Gasteiger partial charge is 0.326 e. The molecule has 1 atom stereocenters. The molecule has 1 heterocycles. The summed E-state index contributed by atoms with van der Waals surface area (Å²) in [6.07, 6.45) is -0.182.